The monoisotopic (exact) mass is 222 g/mol. The summed E-state index contributed by atoms with van der Waals surface area (Å²) in [5.74, 6) is 0.312. The second-order valence-corrected chi connectivity index (χ2v) is 4.16. The lowest BCUT2D eigenvalue weighted by Crippen LogP contribution is -2.40. The minimum Gasteiger partial charge on any atom is -0.508 e. The quantitative estimate of drug-likeness (QED) is 0.714. The molecule has 0 heterocycles. The van der Waals surface area contributed by atoms with Crippen LogP contribution in [0.5, 0.6) is 5.75 Å². The molecule has 16 heavy (non-hydrogen) atoms. The van der Waals surface area contributed by atoms with Gasteiger partial charge in [0.25, 0.3) is 5.91 Å². The SMILES string of the molecule is CC(C)C(N)CNC(=O)c1ccc(O)cc1. The zero-order chi connectivity index (χ0) is 12.1. The van der Waals surface area contributed by atoms with Crippen LogP contribution in [0.4, 0.5) is 0 Å². The van der Waals surface area contributed by atoms with Crippen LogP contribution < -0.4 is 11.1 Å². The molecule has 1 aromatic rings. The fraction of sp³-hybridized carbons (Fsp3) is 0.417. The zero-order valence-electron chi connectivity index (χ0n) is 9.60. The van der Waals surface area contributed by atoms with Crippen LogP contribution in [0.25, 0.3) is 0 Å². The third-order valence-electron chi connectivity index (χ3n) is 2.48. The maximum atomic E-state index is 11.6. The van der Waals surface area contributed by atoms with E-state index in [1.807, 2.05) is 13.8 Å². The summed E-state index contributed by atoms with van der Waals surface area (Å²) in [5.41, 5.74) is 6.33. The van der Waals surface area contributed by atoms with Crippen LogP contribution in [0.3, 0.4) is 0 Å². The number of phenols is 1. The van der Waals surface area contributed by atoms with Gasteiger partial charge in [-0.25, -0.2) is 0 Å². The molecule has 1 atom stereocenters. The smallest absolute Gasteiger partial charge is 0.251 e. The van der Waals surface area contributed by atoms with Crippen LogP contribution in [0.15, 0.2) is 24.3 Å². The van der Waals surface area contributed by atoms with E-state index in [1.165, 1.54) is 12.1 Å². The summed E-state index contributed by atoms with van der Waals surface area (Å²) in [5, 5.41) is 11.8. The molecule has 0 spiro atoms. The number of benzene rings is 1. The fourth-order valence-corrected chi connectivity index (χ4v) is 1.16. The van der Waals surface area contributed by atoms with Crippen molar-refractivity contribution in [3.8, 4) is 5.75 Å². The minimum atomic E-state index is -0.170. The molecule has 4 nitrogen and oxygen atoms in total. The molecular weight excluding hydrogens is 204 g/mol. The van der Waals surface area contributed by atoms with Gasteiger partial charge in [0.05, 0.1) is 0 Å². The van der Waals surface area contributed by atoms with Gasteiger partial charge in [-0.3, -0.25) is 4.79 Å². The molecule has 4 N–H and O–H groups in total. The summed E-state index contributed by atoms with van der Waals surface area (Å²) < 4.78 is 0. The van der Waals surface area contributed by atoms with E-state index in [2.05, 4.69) is 5.32 Å². The number of nitrogens with two attached hydrogens (primary N) is 1. The van der Waals surface area contributed by atoms with Crippen LogP contribution in [0, 0.1) is 5.92 Å². The lowest BCUT2D eigenvalue weighted by atomic mass is 10.1. The summed E-state index contributed by atoms with van der Waals surface area (Å²) >= 11 is 0. The molecule has 88 valence electrons. The molecule has 0 aromatic heterocycles. The van der Waals surface area contributed by atoms with Crippen LogP contribution in [0.1, 0.15) is 24.2 Å². The standard InChI is InChI=1S/C12H18N2O2/c1-8(2)11(13)7-14-12(16)9-3-5-10(15)6-4-9/h3-6,8,11,15H,7,13H2,1-2H3,(H,14,16). The molecule has 4 heteroatoms. The van der Waals surface area contributed by atoms with Gasteiger partial charge in [-0.1, -0.05) is 13.8 Å². The van der Waals surface area contributed by atoms with Crippen LogP contribution in [-0.2, 0) is 0 Å². The highest BCUT2D eigenvalue weighted by atomic mass is 16.3. The third kappa shape index (κ3) is 3.55. The van der Waals surface area contributed by atoms with E-state index in [0.717, 1.165) is 0 Å². The molecule has 0 bridgehead atoms. The van der Waals surface area contributed by atoms with E-state index >= 15 is 0 Å². The number of phenolic OH excluding ortho intramolecular Hbond substituents is 1. The highest BCUT2D eigenvalue weighted by Crippen LogP contribution is 2.09. The first-order valence-electron chi connectivity index (χ1n) is 5.33. The number of amides is 1. The Balaban J connectivity index is 2.50. The van der Waals surface area contributed by atoms with Gasteiger partial charge in [0.2, 0.25) is 0 Å². The summed E-state index contributed by atoms with van der Waals surface area (Å²) in [6.45, 7) is 4.48. The van der Waals surface area contributed by atoms with Gasteiger partial charge in [-0.15, -0.1) is 0 Å². The van der Waals surface area contributed by atoms with E-state index in [-0.39, 0.29) is 17.7 Å². The number of nitrogens with one attached hydrogen (secondary N) is 1. The summed E-state index contributed by atoms with van der Waals surface area (Å²) in [6.07, 6.45) is 0. The average molecular weight is 222 g/mol. The van der Waals surface area contributed by atoms with E-state index < -0.39 is 0 Å². The van der Waals surface area contributed by atoms with Crippen molar-refractivity contribution < 1.29 is 9.90 Å². The zero-order valence-corrected chi connectivity index (χ0v) is 9.60. The third-order valence-corrected chi connectivity index (χ3v) is 2.48. The Morgan fingerprint density at radius 2 is 1.94 bits per heavy atom. The van der Waals surface area contributed by atoms with Gasteiger partial charge in [-0.05, 0) is 30.2 Å². The number of rotatable bonds is 4. The molecule has 0 saturated heterocycles. The highest BCUT2D eigenvalue weighted by Gasteiger charge is 2.10. The van der Waals surface area contributed by atoms with E-state index in [1.54, 1.807) is 12.1 Å². The Hall–Kier alpha value is -1.55. The molecule has 0 fully saturated rings. The normalized spacial score (nSPS) is 12.5. The predicted octanol–water partition coefficient (Wildman–Crippen LogP) is 1.11. The molecule has 0 aliphatic rings. The van der Waals surface area contributed by atoms with E-state index in [0.29, 0.717) is 18.0 Å². The van der Waals surface area contributed by atoms with Crippen molar-refractivity contribution in [2.45, 2.75) is 19.9 Å². The van der Waals surface area contributed by atoms with Crippen molar-refractivity contribution in [1.82, 2.24) is 5.32 Å². The number of carbonyl (C=O) groups is 1. The van der Waals surface area contributed by atoms with Crippen molar-refractivity contribution in [3.63, 3.8) is 0 Å². The van der Waals surface area contributed by atoms with Gasteiger partial charge in [-0.2, -0.15) is 0 Å². The average Bonchev–Trinajstić information content (AvgIpc) is 2.26. The number of hydrogen-bond donors (Lipinski definition) is 3. The largest absolute Gasteiger partial charge is 0.508 e. The minimum absolute atomic E-state index is 0.0407. The predicted molar refractivity (Wildman–Crippen MR) is 63.3 cm³/mol. The van der Waals surface area contributed by atoms with Crippen molar-refractivity contribution in [2.75, 3.05) is 6.54 Å². The maximum absolute atomic E-state index is 11.6. The van der Waals surface area contributed by atoms with Crippen molar-refractivity contribution in [3.05, 3.63) is 29.8 Å². The first-order chi connectivity index (χ1) is 7.50. The molecular formula is C12H18N2O2. The Kier molecular flexibility index (Phi) is 4.31. The Morgan fingerprint density at radius 1 is 1.38 bits per heavy atom. The van der Waals surface area contributed by atoms with Gasteiger partial charge in [0, 0.05) is 18.2 Å². The van der Waals surface area contributed by atoms with Crippen molar-refractivity contribution in [1.29, 1.82) is 0 Å². The highest BCUT2D eigenvalue weighted by molar-refractivity contribution is 5.94. The lowest BCUT2D eigenvalue weighted by molar-refractivity contribution is 0.0949. The lowest BCUT2D eigenvalue weighted by Gasteiger charge is -2.16. The molecule has 0 saturated carbocycles. The van der Waals surface area contributed by atoms with Crippen molar-refractivity contribution in [2.24, 2.45) is 11.7 Å². The number of aromatic hydroxyl groups is 1. The number of carbonyl (C=O) groups excluding carboxylic acids is 1. The first kappa shape index (κ1) is 12.5. The van der Waals surface area contributed by atoms with Gasteiger partial charge < -0.3 is 16.2 Å². The Morgan fingerprint density at radius 3 is 2.44 bits per heavy atom. The summed E-state index contributed by atoms with van der Waals surface area (Å²) in [6, 6.07) is 6.08. The van der Waals surface area contributed by atoms with Crippen molar-refractivity contribution >= 4 is 5.91 Å². The molecule has 1 rings (SSSR count). The second kappa shape index (κ2) is 5.51. The van der Waals surface area contributed by atoms with E-state index in [4.69, 9.17) is 10.8 Å². The Labute approximate surface area is 95.5 Å². The van der Waals surface area contributed by atoms with Gasteiger partial charge in [0.1, 0.15) is 5.75 Å². The molecule has 0 aliphatic heterocycles. The van der Waals surface area contributed by atoms with Crippen LogP contribution in [-0.4, -0.2) is 23.6 Å². The molecule has 1 unspecified atom stereocenters. The molecule has 0 radical (unpaired) electrons. The fourth-order valence-electron chi connectivity index (χ4n) is 1.16. The number of hydrogen-bond acceptors (Lipinski definition) is 3. The van der Waals surface area contributed by atoms with Crippen LogP contribution >= 0.6 is 0 Å². The molecule has 0 aliphatic carbocycles. The van der Waals surface area contributed by atoms with Gasteiger partial charge in [0.15, 0.2) is 0 Å². The van der Waals surface area contributed by atoms with Crippen LogP contribution in [0.2, 0.25) is 0 Å². The molecule has 1 aromatic carbocycles. The second-order valence-electron chi connectivity index (χ2n) is 4.16. The topological polar surface area (TPSA) is 75.3 Å². The summed E-state index contributed by atoms with van der Waals surface area (Å²) in [4.78, 5) is 11.6. The Bertz CT molecular complexity index is 347. The maximum Gasteiger partial charge on any atom is 0.251 e. The van der Waals surface area contributed by atoms with Gasteiger partial charge >= 0.3 is 0 Å². The van der Waals surface area contributed by atoms with E-state index in [9.17, 15) is 4.79 Å². The first-order valence-corrected chi connectivity index (χ1v) is 5.33. The molecule has 1 amide bonds. The summed E-state index contributed by atoms with van der Waals surface area (Å²) in [7, 11) is 0.